The molecule has 0 radical (unpaired) electrons. The first-order chi connectivity index (χ1) is 9.13. The third kappa shape index (κ3) is 3.89. The molecule has 1 atom stereocenters. The van der Waals surface area contributed by atoms with Gasteiger partial charge in [0.05, 0.1) is 6.04 Å². The lowest BCUT2D eigenvalue weighted by Gasteiger charge is -2.25. The van der Waals surface area contributed by atoms with E-state index in [2.05, 4.69) is 58.4 Å². The predicted octanol–water partition coefficient (Wildman–Crippen LogP) is 4.27. The zero-order valence-electron chi connectivity index (χ0n) is 11.2. The third-order valence-electron chi connectivity index (χ3n) is 3.14. The molecule has 0 saturated carbocycles. The maximum absolute atomic E-state index is 5.97. The zero-order chi connectivity index (χ0) is 13.8. The molecule has 0 saturated heterocycles. The summed E-state index contributed by atoms with van der Waals surface area (Å²) in [6.45, 7) is 3.80. The molecule has 0 aliphatic rings. The number of nitrogens with two attached hydrogens (primary N) is 1. The zero-order valence-corrected chi connectivity index (χ0v) is 14.4. The highest BCUT2D eigenvalue weighted by Gasteiger charge is 2.18. The summed E-state index contributed by atoms with van der Waals surface area (Å²) in [4.78, 5) is 6.50. The average Bonchev–Trinajstić information content (AvgIpc) is 3.00. The van der Waals surface area contributed by atoms with Crippen LogP contribution in [0.4, 0.5) is 0 Å². The van der Waals surface area contributed by atoms with Crippen molar-refractivity contribution in [2.24, 2.45) is 5.73 Å². The molecular formula is C14H19BrN2S2. The third-order valence-corrected chi connectivity index (χ3v) is 6.15. The van der Waals surface area contributed by atoms with E-state index >= 15 is 0 Å². The molecule has 0 fully saturated rings. The van der Waals surface area contributed by atoms with Crippen molar-refractivity contribution in [1.82, 2.24) is 4.90 Å². The van der Waals surface area contributed by atoms with Crippen LogP contribution in [0.15, 0.2) is 28.1 Å². The molecule has 2 N–H and O–H groups in total. The van der Waals surface area contributed by atoms with Crippen LogP contribution in [0.25, 0.3) is 0 Å². The Morgan fingerprint density at radius 3 is 2.68 bits per heavy atom. The maximum atomic E-state index is 5.97. The minimum Gasteiger partial charge on any atom is -0.329 e. The van der Waals surface area contributed by atoms with Gasteiger partial charge in [-0.05, 0) is 47.6 Å². The van der Waals surface area contributed by atoms with E-state index in [0.29, 0.717) is 12.6 Å². The first-order valence-corrected chi connectivity index (χ1v) is 8.84. The monoisotopic (exact) mass is 358 g/mol. The van der Waals surface area contributed by atoms with Gasteiger partial charge in [0.2, 0.25) is 0 Å². The Balaban J connectivity index is 2.08. The van der Waals surface area contributed by atoms with Crippen LogP contribution in [0.1, 0.15) is 27.6 Å². The van der Waals surface area contributed by atoms with Gasteiger partial charge in [0.25, 0.3) is 0 Å². The molecule has 2 aromatic rings. The highest BCUT2D eigenvalue weighted by molar-refractivity contribution is 9.10. The van der Waals surface area contributed by atoms with E-state index in [0.717, 1.165) is 17.4 Å². The SMILES string of the molecule is CCc1ccc(C(CN)N(C)Cc2cc(Br)cs2)s1. The highest BCUT2D eigenvalue weighted by Crippen LogP contribution is 2.29. The first-order valence-electron chi connectivity index (χ1n) is 6.35. The Bertz CT molecular complexity index is 521. The summed E-state index contributed by atoms with van der Waals surface area (Å²) in [6, 6.07) is 6.94. The van der Waals surface area contributed by atoms with Gasteiger partial charge in [0.15, 0.2) is 0 Å². The molecule has 0 aliphatic carbocycles. The lowest BCUT2D eigenvalue weighted by Crippen LogP contribution is -2.29. The van der Waals surface area contributed by atoms with Crippen LogP contribution in [0, 0.1) is 0 Å². The Kier molecular flexibility index (Phi) is 5.59. The second kappa shape index (κ2) is 6.99. The minimum absolute atomic E-state index is 0.311. The van der Waals surface area contributed by atoms with E-state index in [1.54, 1.807) is 11.3 Å². The molecule has 2 aromatic heterocycles. The van der Waals surface area contributed by atoms with E-state index < -0.39 is 0 Å². The number of nitrogens with zero attached hydrogens (tertiary/aromatic N) is 1. The Morgan fingerprint density at radius 1 is 1.37 bits per heavy atom. The molecule has 0 aliphatic heterocycles. The van der Waals surface area contributed by atoms with Gasteiger partial charge >= 0.3 is 0 Å². The van der Waals surface area contributed by atoms with Gasteiger partial charge in [-0.25, -0.2) is 0 Å². The van der Waals surface area contributed by atoms with E-state index in [4.69, 9.17) is 5.73 Å². The van der Waals surface area contributed by atoms with Crippen molar-refractivity contribution in [3.8, 4) is 0 Å². The summed E-state index contributed by atoms with van der Waals surface area (Å²) < 4.78 is 1.16. The van der Waals surface area contributed by atoms with Gasteiger partial charge in [0.1, 0.15) is 0 Å². The Hall–Kier alpha value is -0.200. The summed E-state index contributed by atoms with van der Waals surface area (Å²) in [5.41, 5.74) is 5.97. The van der Waals surface area contributed by atoms with Crippen LogP contribution >= 0.6 is 38.6 Å². The summed E-state index contributed by atoms with van der Waals surface area (Å²) in [5, 5.41) is 2.13. The van der Waals surface area contributed by atoms with Crippen LogP contribution in [0.2, 0.25) is 0 Å². The fourth-order valence-electron chi connectivity index (χ4n) is 2.07. The van der Waals surface area contributed by atoms with Gasteiger partial charge in [-0.3, -0.25) is 4.90 Å². The average molecular weight is 359 g/mol. The molecule has 0 amide bonds. The van der Waals surface area contributed by atoms with Crippen molar-refractivity contribution < 1.29 is 0 Å². The number of likely N-dealkylation sites (N-methyl/N-ethyl adjacent to an activating group) is 1. The number of hydrogen-bond acceptors (Lipinski definition) is 4. The first kappa shape index (κ1) is 15.2. The van der Waals surface area contributed by atoms with E-state index in [1.807, 2.05) is 11.3 Å². The van der Waals surface area contributed by atoms with Crippen molar-refractivity contribution in [1.29, 1.82) is 0 Å². The number of hydrogen-bond donors (Lipinski definition) is 1. The molecule has 0 bridgehead atoms. The van der Waals surface area contributed by atoms with Crippen LogP contribution in [0.3, 0.4) is 0 Å². The number of aryl methyl sites for hydroxylation is 1. The van der Waals surface area contributed by atoms with Gasteiger partial charge in [0, 0.05) is 37.6 Å². The summed E-state index contributed by atoms with van der Waals surface area (Å²) >= 11 is 7.17. The molecule has 104 valence electrons. The highest BCUT2D eigenvalue weighted by atomic mass is 79.9. The summed E-state index contributed by atoms with van der Waals surface area (Å²) in [5.74, 6) is 0. The van der Waals surface area contributed by atoms with E-state index in [-0.39, 0.29) is 0 Å². The number of rotatable bonds is 6. The second-order valence-electron chi connectivity index (χ2n) is 4.56. The number of thiophene rings is 2. The van der Waals surface area contributed by atoms with E-state index in [9.17, 15) is 0 Å². The molecule has 5 heteroatoms. The van der Waals surface area contributed by atoms with Gasteiger partial charge < -0.3 is 5.73 Å². The molecule has 2 nitrogen and oxygen atoms in total. The number of halogens is 1. The minimum atomic E-state index is 0.311. The molecular weight excluding hydrogens is 340 g/mol. The summed E-state index contributed by atoms with van der Waals surface area (Å²) in [6.07, 6.45) is 1.10. The van der Waals surface area contributed by atoms with Crippen LogP contribution < -0.4 is 5.73 Å². The molecule has 0 aromatic carbocycles. The fourth-order valence-corrected chi connectivity index (χ4v) is 4.71. The molecule has 19 heavy (non-hydrogen) atoms. The fraction of sp³-hybridized carbons (Fsp3) is 0.429. The molecule has 1 unspecified atom stereocenters. The topological polar surface area (TPSA) is 29.3 Å². The lowest BCUT2D eigenvalue weighted by molar-refractivity contribution is 0.247. The van der Waals surface area contributed by atoms with Crippen molar-refractivity contribution in [3.63, 3.8) is 0 Å². The molecule has 0 spiro atoms. The van der Waals surface area contributed by atoms with E-state index in [1.165, 1.54) is 14.6 Å². The van der Waals surface area contributed by atoms with Gasteiger partial charge in [-0.15, -0.1) is 22.7 Å². The molecule has 2 rings (SSSR count). The van der Waals surface area contributed by atoms with Crippen molar-refractivity contribution in [2.45, 2.75) is 25.9 Å². The Labute approximate surface area is 131 Å². The van der Waals surface area contributed by atoms with Gasteiger partial charge in [-0.1, -0.05) is 6.92 Å². The quantitative estimate of drug-likeness (QED) is 0.835. The standard InChI is InChI=1S/C14H19BrN2S2/c1-3-11-4-5-14(19-11)13(7-16)17(2)8-12-6-10(15)9-18-12/h4-6,9,13H,3,7-8,16H2,1-2H3. The van der Waals surface area contributed by atoms with Crippen LogP contribution in [-0.2, 0) is 13.0 Å². The smallest absolute Gasteiger partial charge is 0.0565 e. The lowest BCUT2D eigenvalue weighted by atomic mass is 10.2. The Morgan fingerprint density at radius 2 is 2.16 bits per heavy atom. The normalized spacial score (nSPS) is 13.1. The summed E-state index contributed by atoms with van der Waals surface area (Å²) in [7, 11) is 2.15. The van der Waals surface area contributed by atoms with Gasteiger partial charge in [-0.2, -0.15) is 0 Å². The van der Waals surface area contributed by atoms with Crippen LogP contribution in [0.5, 0.6) is 0 Å². The van der Waals surface area contributed by atoms with Crippen LogP contribution in [-0.4, -0.2) is 18.5 Å². The van der Waals surface area contributed by atoms with Crippen molar-refractivity contribution in [2.75, 3.05) is 13.6 Å². The maximum Gasteiger partial charge on any atom is 0.0565 e. The predicted molar refractivity (Wildman–Crippen MR) is 89.0 cm³/mol. The second-order valence-corrected chi connectivity index (χ2v) is 7.67. The van der Waals surface area contributed by atoms with Crippen molar-refractivity contribution >= 4 is 38.6 Å². The molecule has 2 heterocycles. The largest absolute Gasteiger partial charge is 0.329 e. The van der Waals surface area contributed by atoms with Crippen molar-refractivity contribution in [3.05, 3.63) is 42.7 Å².